The van der Waals surface area contributed by atoms with Gasteiger partial charge in [-0.25, -0.2) is 9.97 Å². The van der Waals surface area contributed by atoms with E-state index in [0.717, 1.165) is 15.4 Å². The summed E-state index contributed by atoms with van der Waals surface area (Å²) in [6, 6.07) is 8.77. The fraction of sp³-hybridized carbons (Fsp3) is 0. The number of nitrogens with zero attached hydrogens (tertiary/aromatic N) is 3. The summed E-state index contributed by atoms with van der Waals surface area (Å²) < 4.78 is 12.7. The number of pyridine rings is 1. The Balaban J connectivity index is 1.51. The zero-order chi connectivity index (χ0) is 21.4. The fourth-order valence-corrected chi connectivity index (χ4v) is 3.73. The number of carbonyl (C=O) groups is 1. The Morgan fingerprint density at radius 1 is 1.29 bits per heavy atom. The van der Waals surface area contributed by atoms with Crippen molar-refractivity contribution in [1.29, 1.82) is 0 Å². The van der Waals surface area contributed by atoms with Gasteiger partial charge in [-0.15, -0.1) is 0 Å². The highest BCUT2D eigenvalue weighted by Crippen LogP contribution is 2.39. The van der Waals surface area contributed by atoms with E-state index in [1.807, 2.05) is 0 Å². The number of H-pyrrole nitrogens is 1. The Morgan fingerprint density at radius 2 is 2.19 bits per heavy atom. The minimum atomic E-state index is -0.304. The standard InChI is InChI=1S/C22H14BrN5O3/c1-2-17(29)27-12-4-3-5-13(8-12)30-18-11-26-22-20(28-18)15(10-25-22)21-19(23)14-9-24-7-6-16(14)31-21/h2-11H,1H2,(H,25,26)(H,27,29). The summed E-state index contributed by atoms with van der Waals surface area (Å²) in [6.07, 6.45) is 7.92. The van der Waals surface area contributed by atoms with Crippen LogP contribution in [-0.4, -0.2) is 25.8 Å². The van der Waals surface area contributed by atoms with Crippen LogP contribution in [0.3, 0.4) is 0 Å². The van der Waals surface area contributed by atoms with E-state index in [9.17, 15) is 4.79 Å². The number of furan rings is 1. The van der Waals surface area contributed by atoms with Crippen molar-refractivity contribution < 1.29 is 13.9 Å². The molecule has 0 bridgehead atoms. The van der Waals surface area contributed by atoms with E-state index in [1.54, 1.807) is 48.9 Å². The van der Waals surface area contributed by atoms with Crippen LogP contribution in [0.25, 0.3) is 33.5 Å². The van der Waals surface area contributed by atoms with E-state index in [0.29, 0.717) is 39.8 Å². The monoisotopic (exact) mass is 475 g/mol. The predicted molar refractivity (Wildman–Crippen MR) is 120 cm³/mol. The van der Waals surface area contributed by atoms with Crippen molar-refractivity contribution in [3.05, 3.63) is 72.2 Å². The molecule has 4 aromatic heterocycles. The lowest BCUT2D eigenvalue weighted by atomic mass is 10.2. The first kappa shape index (κ1) is 19.0. The Bertz CT molecular complexity index is 1460. The first-order valence-electron chi connectivity index (χ1n) is 9.20. The van der Waals surface area contributed by atoms with Crippen molar-refractivity contribution in [1.82, 2.24) is 19.9 Å². The van der Waals surface area contributed by atoms with Crippen LogP contribution >= 0.6 is 15.9 Å². The van der Waals surface area contributed by atoms with Gasteiger partial charge in [0, 0.05) is 30.3 Å². The molecule has 2 N–H and O–H groups in total. The highest BCUT2D eigenvalue weighted by molar-refractivity contribution is 9.10. The maximum absolute atomic E-state index is 11.5. The molecule has 4 heterocycles. The van der Waals surface area contributed by atoms with Gasteiger partial charge in [0.25, 0.3) is 0 Å². The molecular weight excluding hydrogens is 462 g/mol. The quantitative estimate of drug-likeness (QED) is 0.327. The van der Waals surface area contributed by atoms with Crippen LogP contribution < -0.4 is 10.1 Å². The van der Waals surface area contributed by atoms with Crippen molar-refractivity contribution in [2.75, 3.05) is 5.32 Å². The molecule has 1 amide bonds. The topological polar surface area (TPSA) is 106 Å². The predicted octanol–water partition coefficient (Wildman–Crippen LogP) is 5.45. The zero-order valence-corrected chi connectivity index (χ0v) is 17.5. The third kappa shape index (κ3) is 3.55. The molecule has 1 aromatic carbocycles. The number of aromatic nitrogens is 4. The zero-order valence-electron chi connectivity index (χ0n) is 15.9. The van der Waals surface area contributed by atoms with E-state index in [1.165, 1.54) is 12.3 Å². The molecule has 8 nitrogen and oxygen atoms in total. The van der Waals surface area contributed by atoms with Crippen molar-refractivity contribution in [2.45, 2.75) is 0 Å². The van der Waals surface area contributed by atoms with Crippen molar-refractivity contribution >= 4 is 49.7 Å². The Hall–Kier alpha value is -3.98. The Morgan fingerprint density at radius 3 is 3.03 bits per heavy atom. The first-order valence-corrected chi connectivity index (χ1v) is 9.99. The molecule has 0 aliphatic heterocycles. The van der Waals surface area contributed by atoms with Gasteiger partial charge < -0.3 is 19.5 Å². The van der Waals surface area contributed by atoms with Gasteiger partial charge in [0.1, 0.15) is 16.8 Å². The molecule has 9 heteroatoms. The third-order valence-electron chi connectivity index (χ3n) is 4.54. The largest absolute Gasteiger partial charge is 0.455 e. The summed E-state index contributed by atoms with van der Waals surface area (Å²) in [4.78, 5) is 27.8. The molecule has 0 spiro atoms. The molecule has 0 unspecified atom stereocenters. The normalized spacial score (nSPS) is 11.0. The van der Waals surface area contributed by atoms with Gasteiger partial charge in [0.2, 0.25) is 11.8 Å². The summed E-state index contributed by atoms with van der Waals surface area (Å²) >= 11 is 3.60. The Labute approximate surface area is 184 Å². The number of anilines is 1. The van der Waals surface area contributed by atoms with Gasteiger partial charge in [0.05, 0.1) is 21.6 Å². The maximum atomic E-state index is 11.5. The molecule has 0 atom stereocenters. The van der Waals surface area contributed by atoms with Crippen LogP contribution in [0.5, 0.6) is 11.6 Å². The van der Waals surface area contributed by atoms with Gasteiger partial charge in [0.15, 0.2) is 11.4 Å². The van der Waals surface area contributed by atoms with Gasteiger partial charge in [-0.3, -0.25) is 9.78 Å². The molecule has 0 aliphatic carbocycles. The SMILES string of the molecule is C=CC(=O)Nc1cccc(Oc2cnc3[nH]cc(-c4oc5ccncc5c4Br)c3n2)c1. The number of fused-ring (bicyclic) bond motifs is 2. The molecule has 0 fully saturated rings. The number of aromatic amines is 1. The van der Waals surface area contributed by atoms with E-state index in [2.05, 4.69) is 47.8 Å². The second-order valence-corrected chi connectivity index (χ2v) is 7.34. The number of carbonyl (C=O) groups excluding carboxylic acids is 1. The average molecular weight is 476 g/mol. The summed E-state index contributed by atoms with van der Waals surface area (Å²) in [6.45, 7) is 3.44. The molecular formula is C22H14BrN5O3. The second kappa shape index (κ2) is 7.69. The van der Waals surface area contributed by atoms with Gasteiger partial charge in [-0.05, 0) is 40.2 Å². The van der Waals surface area contributed by atoms with Crippen LogP contribution in [0.4, 0.5) is 5.69 Å². The first-order chi connectivity index (χ1) is 15.1. The van der Waals surface area contributed by atoms with Crippen molar-refractivity contribution in [2.24, 2.45) is 0 Å². The summed E-state index contributed by atoms with van der Waals surface area (Å²) in [7, 11) is 0. The number of amides is 1. The molecule has 0 saturated carbocycles. The van der Waals surface area contributed by atoms with Gasteiger partial charge in [-0.2, -0.15) is 0 Å². The smallest absolute Gasteiger partial charge is 0.247 e. The number of hydrogen-bond donors (Lipinski definition) is 2. The number of hydrogen-bond acceptors (Lipinski definition) is 6. The minimum Gasteiger partial charge on any atom is -0.455 e. The lowest BCUT2D eigenvalue weighted by Crippen LogP contribution is -2.07. The van der Waals surface area contributed by atoms with E-state index < -0.39 is 0 Å². The lowest BCUT2D eigenvalue weighted by molar-refractivity contribution is -0.111. The lowest BCUT2D eigenvalue weighted by Gasteiger charge is -2.07. The summed E-state index contributed by atoms with van der Waals surface area (Å²) in [5.41, 5.74) is 3.23. The number of nitrogens with one attached hydrogen (secondary N) is 2. The Kier molecular flexibility index (Phi) is 4.72. The number of ether oxygens (including phenoxy) is 1. The number of benzene rings is 1. The molecule has 0 radical (unpaired) electrons. The van der Waals surface area contributed by atoms with Crippen LogP contribution in [0, 0.1) is 0 Å². The fourth-order valence-electron chi connectivity index (χ4n) is 3.13. The summed E-state index contributed by atoms with van der Waals surface area (Å²) in [5.74, 6) is 1.12. The van der Waals surface area contributed by atoms with Crippen LogP contribution in [0.2, 0.25) is 0 Å². The van der Waals surface area contributed by atoms with Gasteiger partial charge >= 0.3 is 0 Å². The molecule has 31 heavy (non-hydrogen) atoms. The highest BCUT2D eigenvalue weighted by Gasteiger charge is 2.19. The van der Waals surface area contributed by atoms with Crippen LogP contribution in [0.1, 0.15) is 0 Å². The van der Waals surface area contributed by atoms with Crippen LogP contribution in [0.15, 0.2) is 76.7 Å². The molecule has 5 aromatic rings. The molecule has 0 saturated heterocycles. The maximum Gasteiger partial charge on any atom is 0.247 e. The molecule has 152 valence electrons. The van der Waals surface area contributed by atoms with E-state index in [4.69, 9.17) is 9.15 Å². The minimum absolute atomic E-state index is 0.300. The average Bonchev–Trinajstić information content (AvgIpc) is 3.34. The van der Waals surface area contributed by atoms with E-state index >= 15 is 0 Å². The van der Waals surface area contributed by atoms with Gasteiger partial charge in [-0.1, -0.05) is 12.6 Å². The van der Waals surface area contributed by atoms with Crippen LogP contribution in [-0.2, 0) is 4.79 Å². The van der Waals surface area contributed by atoms with Crippen molar-refractivity contribution in [3.8, 4) is 23.0 Å². The highest BCUT2D eigenvalue weighted by atomic mass is 79.9. The third-order valence-corrected chi connectivity index (χ3v) is 5.33. The number of halogens is 1. The van der Waals surface area contributed by atoms with Crippen molar-refractivity contribution in [3.63, 3.8) is 0 Å². The second-order valence-electron chi connectivity index (χ2n) is 6.55. The molecule has 5 rings (SSSR count). The van der Waals surface area contributed by atoms with E-state index in [-0.39, 0.29) is 5.91 Å². The molecule has 0 aliphatic rings. The summed E-state index contributed by atoms with van der Waals surface area (Å²) in [5, 5.41) is 3.56. The number of rotatable bonds is 5.